The summed E-state index contributed by atoms with van der Waals surface area (Å²) in [6.45, 7) is 3.91. The van der Waals surface area contributed by atoms with E-state index in [0.717, 1.165) is 52.9 Å². The highest BCUT2D eigenvalue weighted by Crippen LogP contribution is 2.34. The molecule has 4 aromatic rings. The van der Waals surface area contributed by atoms with E-state index in [1.54, 1.807) is 0 Å². The molecule has 1 aliphatic rings. The fourth-order valence-corrected chi connectivity index (χ4v) is 4.95. The monoisotopic (exact) mass is 470 g/mol. The summed E-state index contributed by atoms with van der Waals surface area (Å²) in [6.07, 6.45) is 11.3. The number of allylic oxidation sites excluding steroid dienone is 1. The third kappa shape index (κ3) is 4.36. The van der Waals surface area contributed by atoms with E-state index in [9.17, 15) is 0 Å². The van der Waals surface area contributed by atoms with Crippen LogP contribution in [0.3, 0.4) is 0 Å². The fraction of sp³-hybridized carbons (Fsp3) is 0.333. The van der Waals surface area contributed by atoms with Crippen LogP contribution in [0.1, 0.15) is 13.3 Å². The van der Waals surface area contributed by atoms with Crippen molar-refractivity contribution in [3.05, 3.63) is 66.7 Å². The van der Waals surface area contributed by atoms with Crippen LogP contribution in [0.5, 0.6) is 0 Å². The molecule has 35 heavy (non-hydrogen) atoms. The minimum absolute atomic E-state index is 0.179. The van der Waals surface area contributed by atoms with Crippen molar-refractivity contribution in [3.8, 4) is 11.3 Å². The van der Waals surface area contributed by atoms with Gasteiger partial charge < -0.3 is 30.8 Å². The fourth-order valence-electron chi connectivity index (χ4n) is 4.95. The van der Waals surface area contributed by atoms with Gasteiger partial charge in [0.25, 0.3) is 0 Å². The van der Waals surface area contributed by atoms with Gasteiger partial charge in [-0.3, -0.25) is 0 Å². The molecule has 0 amide bonds. The molecule has 0 spiro atoms. The van der Waals surface area contributed by atoms with Gasteiger partial charge in [-0.15, -0.1) is 0 Å². The number of aromatic amines is 1. The summed E-state index contributed by atoms with van der Waals surface area (Å²) in [4.78, 5) is 15.1. The van der Waals surface area contributed by atoms with Gasteiger partial charge in [0.2, 0.25) is 5.95 Å². The molecule has 1 aliphatic carbocycles. The third-order valence-electron chi connectivity index (χ3n) is 6.82. The molecule has 2 atom stereocenters. The van der Waals surface area contributed by atoms with E-state index in [-0.39, 0.29) is 11.6 Å². The zero-order valence-electron chi connectivity index (χ0n) is 20.8. The summed E-state index contributed by atoms with van der Waals surface area (Å²) < 4.78 is 2.14. The van der Waals surface area contributed by atoms with Crippen LogP contribution in [0.15, 0.2) is 66.7 Å². The quantitative estimate of drug-likeness (QED) is 0.314. The van der Waals surface area contributed by atoms with Gasteiger partial charge in [-0.05, 0) is 57.9 Å². The molecule has 3 aromatic heterocycles. The predicted octanol–water partition coefficient (Wildman–Crippen LogP) is 3.61. The molecule has 3 heterocycles. The highest BCUT2D eigenvalue weighted by atomic mass is 15.1. The number of nitrogens with two attached hydrogens (primary N) is 1. The normalized spacial score (nSPS) is 20.2. The number of aromatic nitrogens is 4. The molecule has 5 N–H and O–H groups in total. The first-order valence-electron chi connectivity index (χ1n) is 12.1. The van der Waals surface area contributed by atoms with E-state index < -0.39 is 0 Å². The molecule has 8 nitrogen and oxygen atoms in total. The Morgan fingerprint density at radius 2 is 2.00 bits per heavy atom. The molecule has 0 aliphatic heterocycles. The van der Waals surface area contributed by atoms with Crippen LogP contribution in [-0.2, 0) is 7.05 Å². The Kier molecular flexibility index (Phi) is 6.19. The highest BCUT2D eigenvalue weighted by molar-refractivity contribution is 6.02. The van der Waals surface area contributed by atoms with E-state index in [1.807, 2.05) is 12.3 Å². The molecule has 1 aromatic carbocycles. The van der Waals surface area contributed by atoms with Crippen LogP contribution in [-0.4, -0.2) is 63.2 Å². The molecule has 2 unspecified atom stereocenters. The number of aryl methyl sites for hydroxylation is 1. The molecule has 0 bridgehead atoms. The van der Waals surface area contributed by atoms with Gasteiger partial charge in [0.1, 0.15) is 5.65 Å². The van der Waals surface area contributed by atoms with Gasteiger partial charge in [0, 0.05) is 53.0 Å². The number of rotatable bonds is 8. The van der Waals surface area contributed by atoms with Crippen LogP contribution in [0.25, 0.3) is 33.2 Å². The molecule has 0 saturated heterocycles. The summed E-state index contributed by atoms with van der Waals surface area (Å²) in [6, 6.07) is 10.2. The van der Waals surface area contributed by atoms with Crippen molar-refractivity contribution in [2.75, 3.05) is 32.5 Å². The van der Waals surface area contributed by atoms with Crippen LogP contribution in [0.2, 0.25) is 0 Å². The van der Waals surface area contributed by atoms with Gasteiger partial charge in [0.05, 0.1) is 11.2 Å². The third-order valence-corrected chi connectivity index (χ3v) is 6.82. The lowest BCUT2D eigenvalue weighted by Crippen LogP contribution is -2.58. The number of fused-ring (bicyclic) bond motifs is 2. The van der Waals surface area contributed by atoms with Crippen molar-refractivity contribution in [2.45, 2.75) is 24.9 Å². The minimum Gasteiger partial charge on any atom is -0.350 e. The summed E-state index contributed by atoms with van der Waals surface area (Å²) >= 11 is 0. The lowest BCUT2D eigenvalue weighted by atomic mass is 9.82. The number of likely N-dealkylation sites (N-methyl/N-ethyl adjacent to an activating group) is 1. The van der Waals surface area contributed by atoms with E-state index in [0.29, 0.717) is 5.95 Å². The Hall–Kier alpha value is -3.46. The summed E-state index contributed by atoms with van der Waals surface area (Å²) in [5, 5.41) is 9.18. The topological polar surface area (TPSA) is 99.8 Å². The van der Waals surface area contributed by atoms with Gasteiger partial charge in [-0.2, -0.15) is 4.98 Å². The van der Waals surface area contributed by atoms with Crippen molar-refractivity contribution in [3.63, 3.8) is 0 Å². The van der Waals surface area contributed by atoms with Gasteiger partial charge in [-0.25, -0.2) is 4.98 Å². The summed E-state index contributed by atoms with van der Waals surface area (Å²) in [7, 11) is 6.23. The Morgan fingerprint density at radius 3 is 2.77 bits per heavy atom. The molecule has 0 fully saturated rings. The van der Waals surface area contributed by atoms with Crippen LogP contribution >= 0.6 is 0 Å². The minimum atomic E-state index is -0.275. The zero-order chi connectivity index (χ0) is 24.6. The standard InChI is InChI=1S/C27H34N8/c1-5-30-27(13-15-34(2)3)12-10-18(16-23(27)28)31-26-32-24(20-11-14-29-25(20)33-26)21-17-35(4)22-9-7-6-8-19(21)22/h6-12,14,16-17,23,30H,5,13,15,28H2,1-4H3,(H2,29,31,32,33). The maximum absolute atomic E-state index is 6.69. The van der Waals surface area contributed by atoms with Gasteiger partial charge in [0.15, 0.2) is 0 Å². The van der Waals surface area contributed by atoms with Crippen LogP contribution in [0.4, 0.5) is 5.95 Å². The molecule has 5 rings (SSSR count). The molecule has 8 heteroatoms. The second kappa shape index (κ2) is 9.30. The molecule has 182 valence electrons. The number of H-pyrrole nitrogens is 1. The highest BCUT2D eigenvalue weighted by Gasteiger charge is 2.34. The van der Waals surface area contributed by atoms with Crippen molar-refractivity contribution in [1.29, 1.82) is 0 Å². The summed E-state index contributed by atoms with van der Waals surface area (Å²) in [5.74, 6) is 0.537. The maximum Gasteiger partial charge on any atom is 0.229 e. The molecule has 0 saturated carbocycles. The SMILES string of the molecule is CCNC1(CCN(C)C)C=CC(Nc2nc(-c3cn(C)c4ccccc34)c3cc[nH]c3n2)=CC1N. The Bertz CT molecular complexity index is 1410. The second-order valence-electron chi connectivity index (χ2n) is 9.54. The van der Waals surface area contributed by atoms with E-state index >= 15 is 0 Å². The molecule has 0 radical (unpaired) electrons. The largest absolute Gasteiger partial charge is 0.350 e. The zero-order valence-corrected chi connectivity index (χ0v) is 20.8. The lowest BCUT2D eigenvalue weighted by molar-refractivity contribution is 0.290. The first-order valence-corrected chi connectivity index (χ1v) is 12.1. The number of para-hydroxylation sites is 1. The van der Waals surface area contributed by atoms with Crippen molar-refractivity contribution in [1.82, 2.24) is 29.7 Å². The Balaban J connectivity index is 1.49. The van der Waals surface area contributed by atoms with Crippen LogP contribution < -0.4 is 16.4 Å². The van der Waals surface area contributed by atoms with Crippen molar-refractivity contribution >= 4 is 27.9 Å². The number of hydrogen-bond acceptors (Lipinski definition) is 6. The van der Waals surface area contributed by atoms with Gasteiger partial charge >= 0.3 is 0 Å². The van der Waals surface area contributed by atoms with E-state index in [4.69, 9.17) is 15.7 Å². The van der Waals surface area contributed by atoms with Gasteiger partial charge in [-0.1, -0.05) is 31.2 Å². The average molecular weight is 471 g/mol. The number of nitrogens with zero attached hydrogens (tertiary/aromatic N) is 4. The first-order chi connectivity index (χ1) is 16.9. The first kappa shape index (κ1) is 23.3. The van der Waals surface area contributed by atoms with E-state index in [2.05, 4.69) is 102 Å². The molecular weight excluding hydrogens is 436 g/mol. The maximum atomic E-state index is 6.69. The Morgan fingerprint density at radius 1 is 1.17 bits per heavy atom. The Labute approximate surface area is 205 Å². The van der Waals surface area contributed by atoms with Crippen molar-refractivity contribution in [2.24, 2.45) is 12.8 Å². The number of anilines is 1. The van der Waals surface area contributed by atoms with Crippen molar-refractivity contribution < 1.29 is 0 Å². The second-order valence-corrected chi connectivity index (χ2v) is 9.54. The smallest absolute Gasteiger partial charge is 0.229 e. The predicted molar refractivity (Wildman–Crippen MR) is 144 cm³/mol. The molecular formula is C27H34N8. The number of nitrogens with one attached hydrogen (secondary N) is 3. The number of benzene rings is 1. The van der Waals surface area contributed by atoms with Crippen LogP contribution in [0, 0.1) is 0 Å². The summed E-state index contributed by atoms with van der Waals surface area (Å²) in [5.41, 5.74) is 11.3. The van der Waals surface area contributed by atoms with E-state index in [1.165, 1.54) is 5.52 Å². The lowest BCUT2D eigenvalue weighted by Gasteiger charge is -2.39. The number of hydrogen-bond donors (Lipinski definition) is 4. The average Bonchev–Trinajstić information content (AvgIpc) is 3.44.